The molecule has 0 saturated carbocycles. The first kappa shape index (κ1) is 17.6. The number of hydrogen-bond donors (Lipinski definition) is 2. The summed E-state index contributed by atoms with van der Waals surface area (Å²) in [5.74, 6) is 0.426. The van der Waals surface area contributed by atoms with Gasteiger partial charge in [-0.1, -0.05) is 6.08 Å². The number of pyridine rings is 1. The van der Waals surface area contributed by atoms with Gasteiger partial charge in [0.15, 0.2) is 5.76 Å². The predicted octanol–water partition coefficient (Wildman–Crippen LogP) is 2.37. The number of rotatable bonds is 5. The highest BCUT2D eigenvalue weighted by Crippen LogP contribution is 2.29. The molecule has 0 spiro atoms. The number of aryl methyl sites for hydroxylation is 1. The SMILES string of the molecule is C=CCNC(=O)c1oc2c(c1C)/C(=N/NC(=O)c1ccncc1)CCC2. The molecule has 3 rings (SSSR count). The molecule has 2 heterocycles. The molecule has 0 unspecified atom stereocenters. The molecule has 1 aliphatic carbocycles. The van der Waals surface area contributed by atoms with E-state index in [1.165, 1.54) is 0 Å². The van der Waals surface area contributed by atoms with Crippen molar-refractivity contribution in [3.05, 3.63) is 65.4 Å². The van der Waals surface area contributed by atoms with Crippen molar-refractivity contribution >= 4 is 17.5 Å². The quantitative estimate of drug-likeness (QED) is 0.638. The molecule has 0 fully saturated rings. The summed E-state index contributed by atoms with van der Waals surface area (Å²) in [7, 11) is 0. The fourth-order valence-electron chi connectivity index (χ4n) is 2.93. The van der Waals surface area contributed by atoms with Crippen LogP contribution in [0.5, 0.6) is 0 Å². The Balaban J connectivity index is 1.84. The average molecular weight is 352 g/mol. The molecule has 1 aliphatic rings. The predicted molar refractivity (Wildman–Crippen MR) is 97.2 cm³/mol. The van der Waals surface area contributed by atoms with Crippen molar-refractivity contribution in [1.82, 2.24) is 15.7 Å². The first-order chi connectivity index (χ1) is 12.6. The van der Waals surface area contributed by atoms with Gasteiger partial charge < -0.3 is 9.73 Å². The molecule has 2 aromatic rings. The third-order valence-electron chi connectivity index (χ3n) is 4.17. The Kier molecular flexibility index (Phi) is 5.26. The molecule has 0 aromatic carbocycles. The Morgan fingerprint density at radius 2 is 2.08 bits per heavy atom. The lowest BCUT2D eigenvalue weighted by Crippen LogP contribution is -2.24. The summed E-state index contributed by atoms with van der Waals surface area (Å²) in [6.07, 6.45) is 7.00. The number of aromatic nitrogens is 1. The first-order valence-electron chi connectivity index (χ1n) is 8.40. The van der Waals surface area contributed by atoms with E-state index in [1.807, 2.05) is 6.92 Å². The summed E-state index contributed by atoms with van der Waals surface area (Å²) in [4.78, 5) is 28.3. The lowest BCUT2D eigenvalue weighted by Gasteiger charge is -2.13. The van der Waals surface area contributed by atoms with Crippen LogP contribution in [0, 0.1) is 6.92 Å². The van der Waals surface area contributed by atoms with E-state index in [0.717, 1.165) is 35.4 Å². The molecule has 26 heavy (non-hydrogen) atoms. The summed E-state index contributed by atoms with van der Waals surface area (Å²) in [5, 5.41) is 7.00. The van der Waals surface area contributed by atoms with Crippen molar-refractivity contribution in [3.8, 4) is 0 Å². The number of hydrogen-bond acceptors (Lipinski definition) is 5. The van der Waals surface area contributed by atoms with Crippen molar-refractivity contribution in [2.24, 2.45) is 5.10 Å². The van der Waals surface area contributed by atoms with Crippen LogP contribution < -0.4 is 10.7 Å². The number of fused-ring (bicyclic) bond motifs is 1. The summed E-state index contributed by atoms with van der Waals surface area (Å²) < 4.78 is 5.77. The van der Waals surface area contributed by atoms with Gasteiger partial charge >= 0.3 is 0 Å². The van der Waals surface area contributed by atoms with Gasteiger partial charge in [0, 0.05) is 42.0 Å². The zero-order valence-electron chi connectivity index (χ0n) is 14.5. The van der Waals surface area contributed by atoms with Crippen molar-refractivity contribution in [2.45, 2.75) is 26.2 Å². The number of nitrogens with one attached hydrogen (secondary N) is 2. The van der Waals surface area contributed by atoms with Gasteiger partial charge in [-0.3, -0.25) is 14.6 Å². The van der Waals surface area contributed by atoms with E-state index in [2.05, 4.69) is 27.4 Å². The van der Waals surface area contributed by atoms with E-state index in [0.29, 0.717) is 18.5 Å². The lowest BCUT2D eigenvalue weighted by molar-refractivity contribution is 0.0926. The van der Waals surface area contributed by atoms with Crippen LogP contribution in [0.1, 0.15) is 50.6 Å². The number of carbonyl (C=O) groups is 2. The van der Waals surface area contributed by atoms with Gasteiger partial charge in [-0.15, -0.1) is 6.58 Å². The molecule has 0 radical (unpaired) electrons. The summed E-state index contributed by atoms with van der Waals surface area (Å²) in [5.41, 5.74) is 5.33. The maximum Gasteiger partial charge on any atom is 0.287 e. The van der Waals surface area contributed by atoms with Gasteiger partial charge in [0.2, 0.25) is 0 Å². The second kappa shape index (κ2) is 7.77. The van der Waals surface area contributed by atoms with Crippen LogP contribution in [0.3, 0.4) is 0 Å². The standard InChI is InChI=1S/C19H20N4O3/c1-3-9-21-19(25)17-12(2)16-14(5-4-6-15(16)26-17)22-23-18(24)13-7-10-20-11-8-13/h3,7-8,10-11H,1,4-6,9H2,2H3,(H,21,25)(H,23,24)/b22-14+. The number of amides is 2. The van der Waals surface area contributed by atoms with E-state index in [1.54, 1.807) is 30.6 Å². The third-order valence-corrected chi connectivity index (χ3v) is 4.17. The zero-order valence-corrected chi connectivity index (χ0v) is 14.5. The molecule has 0 atom stereocenters. The Hall–Kier alpha value is -3.22. The van der Waals surface area contributed by atoms with Crippen LogP contribution in [0.15, 0.2) is 46.7 Å². The summed E-state index contributed by atoms with van der Waals surface area (Å²) in [6, 6.07) is 3.24. The fraction of sp³-hybridized carbons (Fsp3) is 0.263. The van der Waals surface area contributed by atoms with Crippen molar-refractivity contribution < 1.29 is 14.0 Å². The topological polar surface area (TPSA) is 96.6 Å². The number of hydrazone groups is 1. The highest BCUT2D eigenvalue weighted by Gasteiger charge is 2.27. The molecule has 2 aromatic heterocycles. The van der Waals surface area contributed by atoms with E-state index in [4.69, 9.17) is 4.42 Å². The molecule has 2 amide bonds. The smallest absolute Gasteiger partial charge is 0.287 e. The van der Waals surface area contributed by atoms with Crippen molar-refractivity contribution in [3.63, 3.8) is 0 Å². The highest BCUT2D eigenvalue weighted by molar-refractivity contribution is 6.07. The van der Waals surface area contributed by atoms with Crippen LogP contribution in [-0.2, 0) is 6.42 Å². The minimum Gasteiger partial charge on any atom is -0.455 e. The Morgan fingerprint density at radius 3 is 2.81 bits per heavy atom. The van der Waals surface area contributed by atoms with E-state index in [9.17, 15) is 9.59 Å². The van der Waals surface area contributed by atoms with Crippen LogP contribution in [-0.4, -0.2) is 29.1 Å². The van der Waals surface area contributed by atoms with Gasteiger partial charge in [-0.25, -0.2) is 5.43 Å². The number of furan rings is 1. The van der Waals surface area contributed by atoms with Crippen LogP contribution >= 0.6 is 0 Å². The summed E-state index contributed by atoms with van der Waals surface area (Å²) >= 11 is 0. The average Bonchev–Trinajstić information content (AvgIpc) is 3.02. The lowest BCUT2D eigenvalue weighted by atomic mass is 9.93. The molecule has 2 N–H and O–H groups in total. The molecular formula is C19H20N4O3. The molecule has 7 nitrogen and oxygen atoms in total. The molecule has 7 heteroatoms. The van der Waals surface area contributed by atoms with Crippen molar-refractivity contribution in [1.29, 1.82) is 0 Å². The normalized spacial score (nSPS) is 14.6. The van der Waals surface area contributed by atoms with Gasteiger partial charge in [-0.2, -0.15) is 5.10 Å². The Morgan fingerprint density at radius 1 is 1.31 bits per heavy atom. The maximum absolute atomic E-state index is 12.2. The van der Waals surface area contributed by atoms with Crippen LogP contribution in [0.2, 0.25) is 0 Å². The largest absolute Gasteiger partial charge is 0.455 e. The van der Waals surface area contributed by atoms with Gasteiger partial charge in [0.25, 0.3) is 11.8 Å². The molecule has 0 saturated heterocycles. The fourth-order valence-corrected chi connectivity index (χ4v) is 2.93. The number of carbonyl (C=O) groups excluding carboxylic acids is 2. The van der Waals surface area contributed by atoms with Gasteiger partial charge in [0.1, 0.15) is 5.76 Å². The molecular weight excluding hydrogens is 332 g/mol. The minimum atomic E-state index is -0.308. The molecule has 134 valence electrons. The Labute approximate surface area is 151 Å². The third kappa shape index (κ3) is 3.56. The van der Waals surface area contributed by atoms with E-state index < -0.39 is 0 Å². The van der Waals surface area contributed by atoms with Crippen LogP contribution in [0.4, 0.5) is 0 Å². The Bertz CT molecular complexity index is 868. The maximum atomic E-state index is 12.2. The number of nitrogens with zero attached hydrogens (tertiary/aromatic N) is 2. The second-order valence-electron chi connectivity index (χ2n) is 5.94. The van der Waals surface area contributed by atoms with Gasteiger partial charge in [-0.05, 0) is 31.9 Å². The van der Waals surface area contributed by atoms with Crippen LogP contribution in [0.25, 0.3) is 0 Å². The zero-order chi connectivity index (χ0) is 18.5. The van der Waals surface area contributed by atoms with Gasteiger partial charge in [0.05, 0.1) is 5.71 Å². The molecule has 0 bridgehead atoms. The van der Waals surface area contributed by atoms with E-state index in [-0.39, 0.29) is 17.6 Å². The molecule has 0 aliphatic heterocycles. The second-order valence-corrected chi connectivity index (χ2v) is 5.94. The highest BCUT2D eigenvalue weighted by atomic mass is 16.4. The minimum absolute atomic E-state index is 0.281. The summed E-state index contributed by atoms with van der Waals surface area (Å²) in [6.45, 7) is 5.78. The monoisotopic (exact) mass is 352 g/mol. The first-order valence-corrected chi connectivity index (χ1v) is 8.40. The van der Waals surface area contributed by atoms with E-state index >= 15 is 0 Å². The van der Waals surface area contributed by atoms with Crippen molar-refractivity contribution in [2.75, 3.05) is 6.54 Å².